The first-order valence-corrected chi connectivity index (χ1v) is 6.20. The Morgan fingerprint density at radius 1 is 1.06 bits per heavy atom. The van der Waals surface area contributed by atoms with E-state index < -0.39 is 0 Å². The molecule has 0 heterocycles. The van der Waals surface area contributed by atoms with Crippen molar-refractivity contribution in [3.8, 4) is 0 Å². The van der Waals surface area contributed by atoms with Gasteiger partial charge in [0.15, 0.2) is 0 Å². The van der Waals surface area contributed by atoms with E-state index in [1.165, 1.54) is 16.7 Å². The summed E-state index contributed by atoms with van der Waals surface area (Å²) in [6.45, 7) is 5.88. The Morgan fingerprint density at radius 3 is 2.35 bits per heavy atom. The van der Waals surface area contributed by atoms with Crippen LogP contribution in [0.3, 0.4) is 0 Å². The van der Waals surface area contributed by atoms with Gasteiger partial charge in [0.25, 0.3) is 0 Å². The highest BCUT2D eigenvalue weighted by Crippen LogP contribution is 2.22. The highest BCUT2D eigenvalue weighted by atomic mass is 16.5. The zero-order valence-corrected chi connectivity index (χ0v) is 10.6. The lowest BCUT2D eigenvalue weighted by Gasteiger charge is -2.17. The van der Waals surface area contributed by atoms with Gasteiger partial charge in [-0.2, -0.15) is 0 Å². The number of hydrogen-bond donors (Lipinski definition) is 0. The molecule has 0 spiro atoms. The summed E-state index contributed by atoms with van der Waals surface area (Å²) in [7, 11) is 0. The van der Waals surface area contributed by atoms with Gasteiger partial charge in [0.2, 0.25) is 0 Å². The third-order valence-corrected chi connectivity index (χ3v) is 2.98. The fraction of sp³-hybridized carbons (Fsp3) is 0.375. The smallest absolute Gasteiger partial charge is 0.0717 e. The number of benzene rings is 1. The van der Waals surface area contributed by atoms with Crippen LogP contribution in [0.5, 0.6) is 0 Å². The molecule has 2 rings (SSSR count). The summed E-state index contributed by atoms with van der Waals surface area (Å²) in [6, 6.07) is 10.3. The fourth-order valence-corrected chi connectivity index (χ4v) is 2.32. The third-order valence-electron chi connectivity index (χ3n) is 2.98. The van der Waals surface area contributed by atoms with Gasteiger partial charge in [-0.3, -0.25) is 0 Å². The first-order valence-electron chi connectivity index (χ1n) is 6.20. The molecule has 0 saturated heterocycles. The van der Waals surface area contributed by atoms with Crippen molar-refractivity contribution < 1.29 is 4.74 Å². The topological polar surface area (TPSA) is 9.23 Å². The molecule has 0 bridgehead atoms. The molecule has 1 nitrogen and oxygen atoms in total. The summed E-state index contributed by atoms with van der Waals surface area (Å²) in [5.41, 5.74) is 4.15. The van der Waals surface area contributed by atoms with Crippen LogP contribution in [0, 0.1) is 5.92 Å². The quantitative estimate of drug-likeness (QED) is 0.704. The van der Waals surface area contributed by atoms with E-state index in [9.17, 15) is 0 Å². The molecule has 0 aliphatic heterocycles. The predicted molar refractivity (Wildman–Crippen MR) is 71.7 cm³/mol. The molecule has 0 amide bonds. The van der Waals surface area contributed by atoms with Crippen LogP contribution in [0.25, 0.3) is 0 Å². The zero-order valence-electron chi connectivity index (χ0n) is 10.6. The van der Waals surface area contributed by atoms with E-state index in [1.54, 1.807) is 0 Å². The summed E-state index contributed by atoms with van der Waals surface area (Å²) < 4.78 is 5.77. The van der Waals surface area contributed by atoms with E-state index in [4.69, 9.17) is 4.74 Å². The van der Waals surface area contributed by atoms with Crippen molar-refractivity contribution >= 4 is 0 Å². The lowest BCUT2D eigenvalue weighted by atomic mass is 9.93. The van der Waals surface area contributed by atoms with Crippen molar-refractivity contribution in [3.63, 3.8) is 0 Å². The van der Waals surface area contributed by atoms with Crippen LogP contribution in [-0.4, -0.2) is 6.61 Å². The summed E-state index contributed by atoms with van der Waals surface area (Å²) >= 11 is 0. The van der Waals surface area contributed by atoms with Crippen molar-refractivity contribution in [2.24, 2.45) is 5.92 Å². The fourth-order valence-electron chi connectivity index (χ4n) is 2.32. The van der Waals surface area contributed by atoms with Gasteiger partial charge < -0.3 is 4.74 Å². The van der Waals surface area contributed by atoms with Crippen LogP contribution < -0.4 is 0 Å². The van der Waals surface area contributed by atoms with Gasteiger partial charge in [-0.25, -0.2) is 0 Å². The minimum atomic E-state index is 0.451. The number of ether oxygens (including phenoxy) is 1. The van der Waals surface area contributed by atoms with Gasteiger partial charge in [0, 0.05) is 5.92 Å². The van der Waals surface area contributed by atoms with E-state index in [0.717, 1.165) is 13.0 Å². The maximum atomic E-state index is 5.77. The first kappa shape index (κ1) is 12.1. The maximum absolute atomic E-state index is 5.77. The normalized spacial score (nSPS) is 16.6. The molecule has 1 aromatic carbocycles. The van der Waals surface area contributed by atoms with Gasteiger partial charge in [-0.05, 0) is 25.8 Å². The molecule has 0 fully saturated rings. The molecule has 0 radical (unpaired) electrons. The van der Waals surface area contributed by atoms with Crippen molar-refractivity contribution in [2.45, 2.75) is 26.9 Å². The second kappa shape index (κ2) is 5.83. The van der Waals surface area contributed by atoms with E-state index in [2.05, 4.69) is 38.1 Å². The van der Waals surface area contributed by atoms with E-state index in [0.29, 0.717) is 12.5 Å². The Bertz CT molecular complexity index is 396. The molecule has 0 N–H and O–H groups in total. The van der Waals surface area contributed by atoms with E-state index in [-0.39, 0.29) is 0 Å². The predicted octanol–water partition coefficient (Wildman–Crippen LogP) is 4.12. The lowest BCUT2D eigenvalue weighted by molar-refractivity contribution is 0.109. The van der Waals surface area contributed by atoms with Crippen molar-refractivity contribution in [1.82, 2.24) is 0 Å². The van der Waals surface area contributed by atoms with Crippen molar-refractivity contribution in [2.75, 3.05) is 6.61 Å². The van der Waals surface area contributed by atoms with Crippen molar-refractivity contribution in [3.05, 3.63) is 59.2 Å². The molecule has 0 unspecified atom stereocenters. The molecular weight excluding hydrogens is 208 g/mol. The summed E-state index contributed by atoms with van der Waals surface area (Å²) in [4.78, 5) is 0. The molecular formula is C16H20O. The average Bonchev–Trinajstić information content (AvgIpc) is 2.29. The number of hydrogen-bond acceptors (Lipinski definition) is 1. The molecule has 1 aliphatic rings. The summed E-state index contributed by atoms with van der Waals surface area (Å²) in [6.07, 6.45) is 5.76. The standard InChI is InChI=1S/C16H20O/c1-13-8-14(2)10-16(9-13)12-17-11-15-6-4-3-5-7-15/h3-7,9-10,16H,8,11-12H2,1-2H3. The molecule has 0 saturated carbocycles. The molecule has 90 valence electrons. The third kappa shape index (κ3) is 3.86. The summed E-state index contributed by atoms with van der Waals surface area (Å²) in [5, 5.41) is 0. The molecule has 0 aromatic heterocycles. The largest absolute Gasteiger partial charge is 0.376 e. The second-order valence-corrected chi connectivity index (χ2v) is 4.87. The lowest BCUT2D eigenvalue weighted by Crippen LogP contribution is -2.09. The van der Waals surface area contributed by atoms with Crippen LogP contribution in [0.4, 0.5) is 0 Å². The van der Waals surface area contributed by atoms with Crippen LogP contribution in [0.2, 0.25) is 0 Å². The first-order chi connectivity index (χ1) is 8.24. The molecule has 1 aliphatic carbocycles. The Hall–Kier alpha value is -1.34. The highest BCUT2D eigenvalue weighted by Gasteiger charge is 2.09. The number of rotatable bonds is 4. The van der Waals surface area contributed by atoms with Crippen LogP contribution in [-0.2, 0) is 11.3 Å². The van der Waals surface area contributed by atoms with Gasteiger partial charge >= 0.3 is 0 Å². The zero-order chi connectivity index (χ0) is 12.1. The van der Waals surface area contributed by atoms with Gasteiger partial charge in [-0.1, -0.05) is 53.6 Å². The Kier molecular flexibility index (Phi) is 4.16. The number of allylic oxidation sites excluding steroid dienone is 2. The SMILES string of the molecule is CC1=CC(COCc2ccccc2)C=C(C)C1. The minimum Gasteiger partial charge on any atom is -0.376 e. The Morgan fingerprint density at radius 2 is 1.71 bits per heavy atom. The Balaban J connectivity index is 1.81. The highest BCUT2D eigenvalue weighted by molar-refractivity contribution is 5.22. The Labute approximate surface area is 104 Å². The molecule has 0 atom stereocenters. The second-order valence-electron chi connectivity index (χ2n) is 4.87. The summed E-state index contributed by atoms with van der Waals surface area (Å²) in [5.74, 6) is 0.451. The van der Waals surface area contributed by atoms with Crippen molar-refractivity contribution in [1.29, 1.82) is 0 Å². The average molecular weight is 228 g/mol. The van der Waals surface area contributed by atoms with Crippen LogP contribution in [0.15, 0.2) is 53.6 Å². The maximum Gasteiger partial charge on any atom is 0.0717 e. The molecule has 1 aromatic rings. The molecule has 17 heavy (non-hydrogen) atoms. The van der Waals surface area contributed by atoms with Crippen LogP contribution in [0.1, 0.15) is 25.8 Å². The van der Waals surface area contributed by atoms with Crippen LogP contribution >= 0.6 is 0 Å². The minimum absolute atomic E-state index is 0.451. The van der Waals surface area contributed by atoms with Gasteiger partial charge in [0.05, 0.1) is 13.2 Å². The van der Waals surface area contributed by atoms with E-state index >= 15 is 0 Å². The van der Waals surface area contributed by atoms with E-state index in [1.807, 2.05) is 18.2 Å². The monoisotopic (exact) mass is 228 g/mol. The van der Waals surface area contributed by atoms with Gasteiger partial charge in [-0.15, -0.1) is 0 Å². The van der Waals surface area contributed by atoms with Gasteiger partial charge in [0.1, 0.15) is 0 Å². The molecule has 1 heteroatoms.